The maximum absolute atomic E-state index is 13.4. The molecular formula is C27H37N3O6S. The monoisotopic (exact) mass is 531 g/mol. The Labute approximate surface area is 219 Å². The number of amides is 2. The molecule has 10 heteroatoms. The van der Waals surface area contributed by atoms with Gasteiger partial charge in [-0.15, -0.1) is 0 Å². The van der Waals surface area contributed by atoms with Gasteiger partial charge in [-0.3, -0.25) is 9.59 Å². The van der Waals surface area contributed by atoms with Crippen LogP contribution in [0.3, 0.4) is 0 Å². The van der Waals surface area contributed by atoms with E-state index < -0.39 is 16.1 Å². The van der Waals surface area contributed by atoms with Gasteiger partial charge in [0.2, 0.25) is 21.8 Å². The van der Waals surface area contributed by atoms with Gasteiger partial charge in [-0.25, -0.2) is 13.1 Å². The molecule has 37 heavy (non-hydrogen) atoms. The van der Waals surface area contributed by atoms with Crippen molar-refractivity contribution in [1.29, 1.82) is 0 Å². The summed E-state index contributed by atoms with van der Waals surface area (Å²) in [6, 6.07) is 9.08. The average Bonchev–Trinajstić information content (AvgIpc) is 2.89. The highest BCUT2D eigenvalue weighted by atomic mass is 32.2. The molecule has 0 bridgehead atoms. The van der Waals surface area contributed by atoms with E-state index in [1.807, 2.05) is 0 Å². The third-order valence-corrected chi connectivity index (χ3v) is 8.22. The molecule has 2 amide bonds. The fourth-order valence-electron chi connectivity index (χ4n) is 4.65. The van der Waals surface area contributed by atoms with Crippen molar-refractivity contribution in [2.24, 2.45) is 5.92 Å². The van der Waals surface area contributed by atoms with Gasteiger partial charge in [-0.2, -0.15) is 0 Å². The van der Waals surface area contributed by atoms with Crippen molar-refractivity contribution in [2.75, 3.05) is 26.6 Å². The lowest BCUT2D eigenvalue weighted by Crippen LogP contribution is -2.45. The van der Waals surface area contributed by atoms with E-state index >= 15 is 0 Å². The maximum atomic E-state index is 13.4. The second-order valence-electron chi connectivity index (χ2n) is 9.40. The van der Waals surface area contributed by atoms with Crippen molar-refractivity contribution in [2.45, 2.75) is 62.8 Å². The first-order valence-corrected chi connectivity index (χ1v) is 14.0. The number of methoxy groups -OCH3 is 2. The van der Waals surface area contributed by atoms with E-state index in [-0.39, 0.29) is 23.1 Å². The zero-order valence-corrected chi connectivity index (χ0v) is 22.7. The van der Waals surface area contributed by atoms with Crippen molar-refractivity contribution < 1.29 is 27.5 Å². The largest absolute Gasteiger partial charge is 0.493 e. The number of hydrogen-bond donors (Lipinski definition) is 3. The summed E-state index contributed by atoms with van der Waals surface area (Å²) in [7, 11) is 0.743. The number of anilines is 1. The third-order valence-electron chi connectivity index (χ3n) is 6.80. The molecule has 0 unspecified atom stereocenters. The molecule has 2 aromatic rings. The van der Waals surface area contributed by atoms with Gasteiger partial charge in [-0.05, 0) is 61.7 Å². The van der Waals surface area contributed by atoms with Crippen LogP contribution in [-0.4, -0.2) is 47.5 Å². The van der Waals surface area contributed by atoms with Crippen LogP contribution in [0.5, 0.6) is 11.5 Å². The number of carbonyl (C=O) groups excluding carboxylic acids is 2. The number of ether oxygens (including phenoxy) is 2. The van der Waals surface area contributed by atoms with E-state index in [0.717, 1.165) is 36.8 Å². The fraction of sp³-hybridized carbons (Fsp3) is 0.481. The SMILES string of the molecule is CNS(=O)(=O)c1ccc(C)c(NC(=O)[C@@H](CC2CCCCC2)NC(=O)Cc2ccc(OC)c(OC)c2)c1. The van der Waals surface area contributed by atoms with Crippen LogP contribution in [0, 0.1) is 12.8 Å². The first-order chi connectivity index (χ1) is 17.7. The lowest BCUT2D eigenvalue weighted by molar-refractivity contribution is -0.126. The predicted molar refractivity (Wildman–Crippen MR) is 142 cm³/mol. The molecule has 0 heterocycles. The number of benzene rings is 2. The Hall–Kier alpha value is -3.11. The summed E-state index contributed by atoms with van der Waals surface area (Å²) < 4.78 is 37.4. The normalized spacial score (nSPS) is 15.0. The fourth-order valence-corrected chi connectivity index (χ4v) is 5.41. The molecule has 2 aromatic carbocycles. The van der Waals surface area contributed by atoms with Crippen molar-refractivity contribution >= 4 is 27.5 Å². The maximum Gasteiger partial charge on any atom is 0.246 e. The molecule has 3 N–H and O–H groups in total. The highest BCUT2D eigenvalue weighted by Crippen LogP contribution is 2.29. The van der Waals surface area contributed by atoms with Crippen molar-refractivity contribution in [3.63, 3.8) is 0 Å². The van der Waals surface area contributed by atoms with E-state index in [1.54, 1.807) is 38.3 Å². The minimum atomic E-state index is -3.67. The molecule has 9 nitrogen and oxygen atoms in total. The Kier molecular flexibility index (Phi) is 9.93. The van der Waals surface area contributed by atoms with E-state index in [2.05, 4.69) is 15.4 Å². The molecule has 1 fully saturated rings. The van der Waals surface area contributed by atoms with Gasteiger partial charge in [0.15, 0.2) is 11.5 Å². The van der Waals surface area contributed by atoms with Crippen LogP contribution in [0.15, 0.2) is 41.3 Å². The van der Waals surface area contributed by atoms with Gasteiger partial charge in [0.25, 0.3) is 0 Å². The topological polar surface area (TPSA) is 123 Å². The highest BCUT2D eigenvalue weighted by Gasteiger charge is 2.27. The number of sulfonamides is 1. The Balaban J connectivity index is 1.78. The number of rotatable bonds is 11. The molecule has 1 aliphatic carbocycles. The zero-order valence-electron chi connectivity index (χ0n) is 21.9. The Bertz CT molecular complexity index is 1210. The number of nitrogens with one attached hydrogen (secondary N) is 3. The second kappa shape index (κ2) is 12.9. The molecule has 3 rings (SSSR count). The molecular weight excluding hydrogens is 494 g/mol. The van der Waals surface area contributed by atoms with Crippen LogP contribution in [0.2, 0.25) is 0 Å². The summed E-state index contributed by atoms with van der Waals surface area (Å²) in [5.74, 6) is 0.776. The first-order valence-electron chi connectivity index (χ1n) is 12.5. The standard InChI is InChI=1S/C27H37N3O6S/c1-18-10-12-21(37(33,34)28-2)17-22(18)30-27(32)23(14-19-8-6-5-7-9-19)29-26(31)16-20-11-13-24(35-3)25(15-20)36-4/h10-13,15,17,19,23,28H,5-9,14,16H2,1-4H3,(H,29,31)(H,30,32)/t23-/m1/s1. The van der Waals surface area contributed by atoms with Gasteiger partial charge in [0.05, 0.1) is 25.5 Å². The quantitative estimate of drug-likeness (QED) is 0.408. The minimum absolute atomic E-state index is 0.0530. The van der Waals surface area contributed by atoms with Gasteiger partial charge >= 0.3 is 0 Å². The van der Waals surface area contributed by atoms with Crippen molar-refractivity contribution in [3.8, 4) is 11.5 Å². The molecule has 0 saturated heterocycles. The van der Waals surface area contributed by atoms with Crippen LogP contribution < -0.4 is 24.8 Å². The summed E-state index contributed by atoms with van der Waals surface area (Å²) in [6.07, 6.45) is 6.05. The second-order valence-corrected chi connectivity index (χ2v) is 11.3. The summed E-state index contributed by atoms with van der Waals surface area (Å²) in [6.45, 7) is 1.79. The van der Waals surface area contributed by atoms with E-state index in [4.69, 9.17) is 9.47 Å². The number of aryl methyl sites for hydroxylation is 1. The van der Waals surface area contributed by atoms with Gasteiger partial charge in [-0.1, -0.05) is 44.2 Å². The zero-order chi connectivity index (χ0) is 27.0. The molecule has 0 radical (unpaired) electrons. The van der Waals surface area contributed by atoms with Crippen LogP contribution in [-0.2, 0) is 26.0 Å². The lowest BCUT2D eigenvalue weighted by atomic mass is 9.84. The first kappa shape index (κ1) is 28.5. The number of carbonyl (C=O) groups is 2. The van der Waals surface area contributed by atoms with Crippen LogP contribution in [0.25, 0.3) is 0 Å². The van der Waals surface area contributed by atoms with Crippen molar-refractivity contribution in [3.05, 3.63) is 47.5 Å². The molecule has 1 aliphatic rings. The van der Waals surface area contributed by atoms with Gasteiger partial charge in [0, 0.05) is 5.69 Å². The van der Waals surface area contributed by atoms with Crippen LogP contribution >= 0.6 is 0 Å². The van der Waals surface area contributed by atoms with Gasteiger partial charge < -0.3 is 20.1 Å². The molecule has 0 aromatic heterocycles. The summed E-state index contributed by atoms with van der Waals surface area (Å²) in [5, 5.41) is 5.78. The Morgan fingerprint density at radius 1 is 1.00 bits per heavy atom. The van der Waals surface area contributed by atoms with Crippen LogP contribution in [0.4, 0.5) is 5.69 Å². The Morgan fingerprint density at radius 3 is 2.35 bits per heavy atom. The van der Waals surface area contributed by atoms with Crippen molar-refractivity contribution in [1.82, 2.24) is 10.0 Å². The van der Waals surface area contributed by atoms with E-state index in [9.17, 15) is 18.0 Å². The summed E-state index contributed by atoms with van der Waals surface area (Å²) >= 11 is 0. The molecule has 1 saturated carbocycles. The average molecular weight is 532 g/mol. The highest BCUT2D eigenvalue weighted by molar-refractivity contribution is 7.89. The predicted octanol–water partition coefficient (Wildman–Crippen LogP) is 3.56. The smallest absolute Gasteiger partial charge is 0.246 e. The third kappa shape index (κ3) is 7.69. The van der Waals surface area contributed by atoms with E-state index in [0.29, 0.717) is 29.5 Å². The lowest BCUT2D eigenvalue weighted by Gasteiger charge is -2.27. The molecule has 0 aliphatic heterocycles. The van der Waals surface area contributed by atoms with Gasteiger partial charge in [0.1, 0.15) is 6.04 Å². The molecule has 1 atom stereocenters. The summed E-state index contributed by atoms with van der Waals surface area (Å²) in [5.41, 5.74) is 1.84. The van der Waals surface area contributed by atoms with Crippen LogP contribution in [0.1, 0.15) is 49.7 Å². The Morgan fingerprint density at radius 2 is 1.70 bits per heavy atom. The molecule has 202 valence electrons. The molecule has 0 spiro atoms. The minimum Gasteiger partial charge on any atom is -0.493 e. The summed E-state index contributed by atoms with van der Waals surface area (Å²) in [4.78, 5) is 26.5. The van der Waals surface area contributed by atoms with E-state index in [1.165, 1.54) is 32.7 Å². The number of hydrogen-bond acceptors (Lipinski definition) is 6.